The first-order valence-corrected chi connectivity index (χ1v) is 8.21. The summed E-state index contributed by atoms with van der Waals surface area (Å²) in [5.74, 6) is 0.350. The maximum atomic E-state index is 11.5. The summed E-state index contributed by atoms with van der Waals surface area (Å²) < 4.78 is 10.1. The number of hydrogen-bond acceptors (Lipinski definition) is 5. The Bertz CT molecular complexity index is 936. The van der Waals surface area contributed by atoms with Crippen molar-refractivity contribution in [1.82, 2.24) is 0 Å². The van der Waals surface area contributed by atoms with E-state index in [0.717, 1.165) is 23.1 Å². The molecule has 0 bridgehead atoms. The Kier molecular flexibility index (Phi) is 5.64. The molecule has 0 unspecified atom stereocenters. The van der Waals surface area contributed by atoms with Crippen molar-refractivity contribution in [3.8, 4) is 11.5 Å². The van der Waals surface area contributed by atoms with Gasteiger partial charge in [0.1, 0.15) is 11.5 Å². The third kappa shape index (κ3) is 4.41. The van der Waals surface area contributed by atoms with Gasteiger partial charge < -0.3 is 14.4 Å². The Morgan fingerprint density at radius 1 is 0.815 bits per heavy atom. The van der Waals surface area contributed by atoms with Crippen LogP contribution in [-0.4, -0.2) is 12.4 Å². The number of benzene rings is 3. The molecular weight excluding hydrogens is 342 g/mol. The van der Waals surface area contributed by atoms with Gasteiger partial charge in [-0.05, 0) is 48.5 Å². The van der Waals surface area contributed by atoms with Crippen LogP contribution in [0.25, 0.3) is 0 Å². The lowest BCUT2D eigenvalue weighted by molar-refractivity contribution is -0.129. The second-order valence-corrected chi connectivity index (χ2v) is 5.50. The third-order valence-corrected chi connectivity index (χ3v) is 3.75. The van der Waals surface area contributed by atoms with E-state index in [1.54, 1.807) is 30.3 Å². The zero-order valence-electron chi connectivity index (χ0n) is 14.4. The Labute approximate surface area is 157 Å². The minimum atomic E-state index is -0.520. The molecule has 5 nitrogen and oxygen atoms in total. The van der Waals surface area contributed by atoms with Crippen molar-refractivity contribution in [1.29, 1.82) is 0 Å². The van der Waals surface area contributed by atoms with Crippen molar-refractivity contribution in [2.24, 2.45) is 0 Å². The van der Waals surface area contributed by atoms with E-state index in [1.165, 1.54) is 0 Å². The molecule has 0 spiro atoms. The summed E-state index contributed by atoms with van der Waals surface area (Å²) in [6.45, 7) is 3.80. The number of carbonyl (C=O) groups excluding carboxylic acids is 2. The monoisotopic (exact) mass is 359 g/mol. The molecule has 0 amide bonds. The van der Waals surface area contributed by atoms with Gasteiger partial charge in [0.25, 0.3) is 6.47 Å². The smallest absolute Gasteiger partial charge is 0.335 e. The molecule has 0 fully saturated rings. The number of ether oxygens (including phenoxy) is 2. The van der Waals surface area contributed by atoms with E-state index in [0.29, 0.717) is 18.0 Å². The number of esters is 1. The van der Waals surface area contributed by atoms with Crippen LogP contribution >= 0.6 is 0 Å². The minimum absolute atomic E-state index is 0.390. The van der Waals surface area contributed by atoms with E-state index in [1.807, 2.05) is 53.4 Å². The van der Waals surface area contributed by atoms with Gasteiger partial charge in [-0.25, -0.2) is 4.79 Å². The molecule has 0 atom stereocenters. The van der Waals surface area contributed by atoms with Crippen LogP contribution in [0.4, 0.5) is 17.1 Å². The van der Waals surface area contributed by atoms with Crippen LogP contribution in [0.2, 0.25) is 0 Å². The largest absolute Gasteiger partial charge is 0.429 e. The van der Waals surface area contributed by atoms with Gasteiger partial charge in [-0.3, -0.25) is 4.79 Å². The lowest BCUT2D eigenvalue weighted by atomic mass is 10.2. The van der Waals surface area contributed by atoms with Gasteiger partial charge in [0.15, 0.2) is 0 Å². The molecule has 5 heteroatoms. The number of hydrogen-bond donors (Lipinski definition) is 0. The minimum Gasteiger partial charge on any atom is -0.429 e. The molecule has 134 valence electrons. The Hall–Kier alpha value is -3.86. The van der Waals surface area contributed by atoms with Crippen LogP contribution in [0.3, 0.4) is 0 Å². The fraction of sp³-hybridized carbons (Fsp3) is 0. The average Bonchev–Trinajstić information content (AvgIpc) is 2.71. The van der Waals surface area contributed by atoms with Crippen molar-refractivity contribution < 1.29 is 19.1 Å². The lowest BCUT2D eigenvalue weighted by Crippen LogP contribution is -2.10. The summed E-state index contributed by atoms with van der Waals surface area (Å²) >= 11 is 0. The van der Waals surface area contributed by atoms with E-state index in [2.05, 4.69) is 6.58 Å². The van der Waals surface area contributed by atoms with Gasteiger partial charge in [-0.15, -0.1) is 0 Å². The number of carbonyl (C=O) groups is 2. The summed E-state index contributed by atoms with van der Waals surface area (Å²) in [6.07, 6.45) is 1.12. The summed E-state index contributed by atoms with van der Waals surface area (Å²) in [5.41, 5.74) is 2.58. The van der Waals surface area contributed by atoms with E-state index in [-0.39, 0.29) is 0 Å². The first-order valence-electron chi connectivity index (χ1n) is 8.21. The normalized spacial score (nSPS) is 9.93. The number of nitrogens with zero attached hydrogens (tertiary/aromatic N) is 1. The predicted octanol–water partition coefficient (Wildman–Crippen LogP) is 4.78. The second-order valence-electron chi connectivity index (χ2n) is 5.50. The predicted molar refractivity (Wildman–Crippen MR) is 104 cm³/mol. The van der Waals surface area contributed by atoms with Crippen LogP contribution in [0.15, 0.2) is 91.5 Å². The average molecular weight is 359 g/mol. The highest BCUT2D eigenvalue weighted by molar-refractivity contribution is 5.84. The van der Waals surface area contributed by atoms with Crippen LogP contribution in [0.1, 0.15) is 0 Å². The molecule has 3 aromatic rings. The standard InChI is InChI=1S/C22H17NO4/c1-2-22(25)27-21-10-6-9-19(15-21)23(17-7-4-3-5-8-17)18-11-13-20(14-12-18)26-16-24/h2-16H,1H2. The zero-order chi connectivity index (χ0) is 19.1. The van der Waals surface area contributed by atoms with Gasteiger partial charge in [0, 0.05) is 29.2 Å². The molecule has 3 rings (SSSR count). The van der Waals surface area contributed by atoms with Crippen molar-refractivity contribution in [2.45, 2.75) is 0 Å². The van der Waals surface area contributed by atoms with Crippen LogP contribution < -0.4 is 14.4 Å². The van der Waals surface area contributed by atoms with E-state index in [9.17, 15) is 9.59 Å². The topological polar surface area (TPSA) is 55.8 Å². The summed E-state index contributed by atoms with van der Waals surface area (Å²) in [6, 6.07) is 24.0. The quantitative estimate of drug-likeness (QED) is 0.263. The molecular formula is C22H17NO4. The number of anilines is 3. The maximum Gasteiger partial charge on any atom is 0.335 e. The van der Waals surface area contributed by atoms with Crippen molar-refractivity contribution in [3.05, 3.63) is 91.5 Å². The highest BCUT2D eigenvalue weighted by Crippen LogP contribution is 2.36. The highest BCUT2D eigenvalue weighted by atomic mass is 16.5. The van der Waals surface area contributed by atoms with E-state index >= 15 is 0 Å². The van der Waals surface area contributed by atoms with E-state index in [4.69, 9.17) is 9.47 Å². The fourth-order valence-electron chi connectivity index (χ4n) is 2.60. The van der Waals surface area contributed by atoms with Gasteiger partial charge in [-0.2, -0.15) is 0 Å². The highest BCUT2D eigenvalue weighted by Gasteiger charge is 2.13. The van der Waals surface area contributed by atoms with Crippen LogP contribution in [0, 0.1) is 0 Å². The van der Waals surface area contributed by atoms with Gasteiger partial charge in [-0.1, -0.05) is 30.8 Å². The molecule has 0 saturated carbocycles. The summed E-state index contributed by atoms with van der Waals surface area (Å²) in [5, 5.41) is 0. The Morgan fingerprint density at radius 3 is 2.15 bits per heavy atom. The van der Waals surface area contributed by atoms with Crippen LogP contribution in [-0.2, 0) is 9.59 Å². The molecule has 0 aliphatic heterocycles. The maximum absolute atomic E-state index is 11.5. The van der Waals surface area contributed by atoms with Gasteiger partial charge in [0.2, 0.25) is 0 Å². The van der Waals surface area contributed by atoms with Gasteiger partial charge >= 0.3 is 5.97 Å². The lowest BCUT2D eigenvalue weighted by Gasteiger charge is -2.25. The van der Waals surface area contributed by atoms with Crippen molar-refractivity contribution >= 4 is 29.5 Å². The summed E-state index contributed by atoms with van der Waals surface area (Å²) in [7, 11) is 0. The molecule has 0 radical (unpaired) electrons. The Morgan fingerprint density at radius 2 is 1.48 bits per heavy atom. The van der Waals surface area contributed by atoms with E-state index < -0.39 is 5.97 Å². The SMILES string of the molecule is C=CC(=O)Oc1cccc(N(c2ccccc2)c2ccc(OC=O)cc2)c1. The Balaban J connectivity index is 2.03. The summed E-state index contributed by atoms with van der Waals surface area (Å²) in [4.78, 5) is 24.0. The zero-order valence-corrected chi connectivity index (χ0v) is 14.4. The molecule has 0 aliphatic carbocycles. The molecule has 0 aliphatic rings. The number of para-hydroxylation sites is 1. The third-order valence-electron chi connectivity index (χ3n) is 3.75. The van der Waals surface area contributed by atoms with Crippen molar-refractivity contribution in [2.75, 3.05) is 4.90 Å². The molecule has 27 heavy (non-hydrogen) atoms. The number of rotatable bonds is 7. The molecule has 0 heterocycles. The first-order chi connectivity index (χ1) is 13.2. The second kappa shape index (κ2) is 8.49. The fourth-order valence-corrected chi connectivity index (χ4v) is 2.60. The van der Waals surface area contributed by atoms with Crippen molar-refractivity contribution in [3.63, 3.8) is 0 Å². The van der Waals surface area contributed by atoms with Gasteiger partial charge in [0.05, 0.1) is 0 Å². The van der Waals surface area contributed by atoms with Crippen LogP contribution in [0.5, 0.6) is 11.5 Å². The molecule has 0 N–H and O–H groups in total. The molecule has 0 saturated heterocycles. The molecule has 3 aromatic carbocycles. The first kappa shape index (κ1) is 17.9. The molecule has 0 aromatic heterocycles.